The van der Waals surface area contributed by atoms with Gasteiger partial charge in [-0.2, -0.15) is 0 Å². The van der Waals surface area contributed by atoms with E-state index in [1.54, 1.807) is 24.3 Å². The average Bonchev–Trinajstić information content (AvgIpc) is 2.68. The summed E-state index contributed by atoms with van der Waals surface area (Å²) in [5, 5.41) is 3.30. The molecular formula is C21H17Cl3N2O3S. The molecule has 0 aromatic heterocycles. The molecule has 3 aromatic rings. The first-order valence-electron chi connectivity index (χ1n) is 8.73. The second kappa shape index (κ2) is 8.86. The lowest BCUT2D eigenvalue weighted by Crippen LogP contribution is -2.17. The Morgan fingerprint density at radius 1 is 0.867 bits per heavy atom. The Morgan fingerprint density at radius 2 is 1.57 bits per heavy atom. The first-order chi connectivity index (χ1) is 14.1. The fourth-order valence-corrected chi connectivity index (χ4v) is 4.69. The lowest BCUT2D eigenvalue weighted by Gasteiger charge is -2.14. The van der Waals surface area contributed by atoms with Gasteiger partial charge in [-0.1, -0.05) is 46.9 Å². The fourth-order valence-electron chi connectivity index (χ4n) is 2.70. The summed E-state index contributed by atoms with van der Waals surface area (Å²) in [6.07, 6.45) is 0. The number of sulfonamides is 1. The molecule has 3 aromatic carbocycles. The van der Waals surface area contributed by atoms with Crippen LogP contribution in [0.25, 0.3) is 0 Å². The van der Waals surface area contributed by atoms with E-state index in [0.717, 1.165) is 11.1 Å². The molecule has 0 fully saturated rings. The number of anilines is 2. The molecule has 0 unspecified atom stereocenters. The molecule has 0 aliphatic heterocycles. The van der Waals surface area contributed by atoms with Crippen LogP contribution in [-0.4, -0.2) is 14.3 Å². The van der Waals surface area contributed by atoms with Crippen molar-refractivity contribution < 1.29 is 13.2 Å². The molecule has 0 saturated heterocycles. The first kappa shape index (κ1) is 22.4. The number of benzene rings is 3. The molecular weight excluding hydrogens is 467 g/mol. The van der Waals surface area contributed by atoms with Crippen molar-refractivity contribution in [1.82, 2.24) is 0 Å². The van der Waals surface area contributed by atoms with E-state index in [1.807, 2.05) is 19.9 Å². The number of rotatable bonds is 5. The Hall–Kier alpha value is -2.25. The second-order valence-corrected chi connectivity index (χ2v) is 9.48. The summed E-state index contributed by atoms with van der Waals surface area (Å²) in [5.74, 6) is -0.556. The number of hydrogen-bond acceptors (Lipinski definition) is 3. The first-order valence-corrected chi connectivity index (χ1v) is 11.3. The molecule has 0 aliphatic rings. The van der Waals surface area contributed by atoms with E-state index >= 15 is 0 Å². The van der Waals surface area contributed by atoms with Crippen LogP contribution in [0.4, 0.5) is 11.4 Å². The predicted octanol–water partition coefficient (Wildman–Crippen LogP) is 6.32. The van der Waals surface area contributed by atoms with E-state index in [1.165, 1.54) is 24.3 Å². The monoisotopic (exact) mass is 482 g/mol. The maximum Gasteiger partial charge on any atom is 0.263 e. The number of amides is 1. The summed E-state index contributed by atoms with van der Waals surface area (Å²) >= 11 is 18.2. The van der Waals surface area contributed by atoms with Gasteiger partial charge in [-0.05, 0) is 67.4 Å². The topological polar surface area (TPSA) is 75.3 Å². The highest BCUT2D eigenvalue weighted by atomic mass is 35.5. The van der Waals surface area contributed by atoms with Gasteiger partial charge in [0.2, 0.25) is 0 Å². The van der Waals surface area contributed by atoms with Gasteiger partial charge in [0.15, 0.2) is 0 Å². The minimum atomic E-state index is -4.04. The van der Waals surface area contributed by atoms with Crippen molar-refractivity contribution in [2.45, 2.75) is 18.7 Å². The summed E-state index contributed by atoms with van der Waals surface area (Å²) in [4.78, 5) is 12.4. The van der Waals surface area contributed by atoms with E-state index < -0.39 is 15.9 Å². The van der Waals surface area contributed by atoms with Crippen molar-refractivity contribution in [3.05, 3.63) is 86.4 Å². The largest absolute Gasteiger partial charge is 0.321 e. The van der Waals surface area contributed by atoms with Crippen LogP contribution in [0.3, 0.4) is 0 Å². The lowest BCUT2D eigenvalue weighted by atomic mass is 10.1. The van der Waals surface area contributed by atoms with E-state index in [2.05, 4.69) is 10.0 Å². The van der Waals surface area contributed by atoms with Crippen LogP contribution in [0.2, 0.25) is 15.1 Å². The van der Waals surface area contributed by atoms with Crippen molar-refractivity contribution in [2.75, 3.05) is 10.0 Å². The second-order valence-electron chi connectivity index (χ2n) is 6.58. The Kier molecular flexibility index (Phi) is 6.62. The summed E-state index contributed by atoms with van der Waals surface area (Å²) in [6.45, 7) is 3.69. The Bertz CT molecular complexity index is 1240. The summed E-state index contributed by atoms with van der Waals surface area (Å²) in [7, 11) is -4.04. The van der Waals surface area contributed by atoms with Crippen LogP contribution in [0.5, 0.6) is 0 Å². The van der Waals surface area contributed by atoms with Gasteiger partial charge in [0.1, 0.15) is 4.90 Å². The molecule has 1 amide bonds. The van der Waals surface area contributed by atoms with Gasteiger partial charge >= 0.3 is 0 Å². The number of carbonyl (C=O) groups excluding carboxylic acids is 1. The Balaban J connectivity index is 1.93. The van der Waals surface area contributed by atoms with Crippen LogP contribution < -0.4 is 10.0 Å². The van der Waals surface area contributed by atoms with Crippen LogP contribution in [0.15, 0.2) is 59.5 Å². The Morgan fingerprint density at radius 3 is 2.30 bits per heavy atom. The lowest BCUT2D eigenvalue weighted by molar-refractivity contribution is 0.102. The van der Waals surface area contributed by atoms with E-state index in [9.17, 15) is 13.2 Å². The molecule has 0 aliphatic carbocycles. The van der Waals surface area contributed by atoms with Crippen molar-refractivity contribution >= 4 is 62.1 Å². The Labute approximate surface area is 190 Å². The fraction of sp³-hybridized carbons (Fsp3) is 0.0952. The normalized spacial score (nSPS) is 11.2. The zero-order chi connectivity index (χ0) is 22.1. The minimum Gasteiger partial charge on any atom is -0.321 e. The highest BCUT2D eigenvalue weighted by Gasteiger charge is 2.21. The number of carbonyl (C=O) groups is 1. The summed E-state index contributed by atoms with van der Waals surface area (Å²) < 4.78 is 28.4. The summed E-state index contributed by atoms with van der Waals surface area (Å²) in [5.41, 5.74) is 2.57. The van der Waals surface area contributed by atoms with Crippen molar-refractivity contribution in [3.8, 4) is 0 Å². The van der Waals surface area contributed by atoms with E-state index in [4.69, 9.17) is 34.8 Å². The van der Waals surface area contributed by atoms with Gasteiger partial charge in [-0.15, -0.1) is 0 Å². The van der Waals surface area contributed by atoms with Crippen molar-refractivity contribution in [1.29, 1.82) is 0 Å². The number of aryl methyl sites for hydroxylation is 1. The average molecular weight is 484 g/mol. The van der Waals surface area contributed by atoms with Gasteiger partial charge in [0.25, 0.3) is 15.9 Å². The van der Waals surface area contributed by atoms with Crippen molar-refractivity contribution in [2.24, 2.45) is 0 Å². The molecule has 0 saturated carbocycles. The standard InChI is InChI=1S/C21H17Cl3N2O3S/c1-12-4-3-5-18(13(12)2)26-30(28,29)20-10-14(6-8-17(20)24)21(27)25-19-11-15(22)7-9-16(19)23/h3-11,26H,1-2H3,(H,25,27). The summed E-state index contributed by atoms with van der Waals surface area (Å²) in [6, 6.07) is 13.9. The smallest absolute Gasteiger partial charge is 0.263 e. The third-order valence-electron chi connectivity index (χ3n) is 4.51. The van der Waals surface area contributed by atoms with Crippen LogP contribution in [-0.2, 0) is 10.0 Å². The molecule has 0 spiro atoms. The minimum absolute atomic E-state index is 0.00913. The molecule has 0 bridgehead atoms. The maximum atomic E-state index is 13.0. The van der Waals surface area contributed by atoms with Gasteiger partial charge in [-0.3, -0.25) is 9.52 Å². The zero-order valence-electron chi connectivity index (χ0n) is 16.0. The molecule has 2 N–H and O–H groups in total. The molecule has 3 rings (SSSR count). The van der Waals surface area contributed by atoms with Crippen molar-refractivity contribution in [3.63, 3.8) is 0 Å². The molecule has 30 heavy (non-hydrogen) atoms. The maximum absolute atomic E-state index is 13.0. The van der Waals surface area contributed by atoms with Gasteiger partial charge in [-0.25, -0.2) is 8.42 Å². The number of hydrogen-bond donors (Lipinski definition) is 2. The molecule has 0 heterocycles. The van der Waals surface area contributed by atoms with E-state index in [0.29, 0.717) is 21.4 Å². The van der Waals surface area contributed by atoms with Gasteiger partial charge in [0, 0.05) is 10.6 Å². The SMILES string of the molecule is Cc1cccc(NS(=O)(=O)c2cc(C(=O)Nc3cc(Cl)ccc3Cl)ccc2Cl)c1C. The third kappa shape index (κ3) is 4.90. The third-order valence-corrected chi connectivity index (χ3v) is 6.92. The number of nitrogens with one attached hydrogen (secondary N) is 2. The highest BCUT2D eigenvalue weighted by Crippen LogP contribution is 2.29. The quantitative estimate of drug-likeness (QED) is 0.446. The zero-order valence-corrected chi connectivity index (χ0v) is 19.0. The molecule has 0 radical (unpaired) electrons. The van der Waals surface area contributed by atoms with Crippen LogP contribution in [0.1, 0.15) is 21.5 Å². The van der Waals surface area contributed by atoms with Gasteiger partial charge < -0.3 is 5.32 Å². The van der Waals surface area contributed by atoms with Crippen LogP contribution >= 0.6 is 34.8 Å². The van der Waals surface area contributed by atoms with Crippen LogP contribution in [0, 0.1) is 13.8 Å². The van der Waals surface area contributed by atoms with E-state index in [-0.39, 0.29) is 15.5 Å². The number of halogens is 3. The van der Waals surface area contributed by atoms with Gasteiger partial charge in [0.05, 0.1) is 21.4 Å². The predicted molar refractivity (Wildman–Crippen MR) is 123 cm³/mol. The highest BCUT2D eigenvalue weighted by molar-refractivity contribution is 7.92. The molecule has 9 heteroatoms. The molecule has 0 atom stereocenters. The molecule has 5 nitrogen and oxygen atoms in total. The molecule has 156 valence electrons.